The number of alkyl halides is 3. The number of nitrogens with one attached hydrogen (secondary N) is 1. The van der Waals surface area contributed by atoms with Crippen LogP contribution in [0.1, 0.15) is 17.7 Å². The fourth-order valence-electron chi connectivity index (χ4n) is 2.82. The first-order valence-electron chi connectivity index (χ1n) is 7.99. The van der Waals surface area contributed by atoms with E-state index in [9.17, 15) is 22.8 Å². The average molecular weight is 415 g/mol. The number of carbonyl (C=O) groups is 2. The molecule has 27 heavy (non-hydrogen) atoms. The number of anilines is 2. The molecule has 1 saturated heterocycles. The van der Waals surface area contributed by atoms with E-state index in [0.717, 1.165) is 22.0 Å². The molecule has 1 fully saturated rings. The quantitative estimate of drug-likeness (QED) is 0.761. The van der Waals surface area contributed by atoms with Crippen molar-refractivity contribution in [2.45, 2.75) is 23.7 Å². The van der Waals surface area contributed by atoms with E-state index >= 15 is 0 Å². The van der Waals surface area contributed by atoms with E-state index in [1.165, 1.54) is 40.1 Å². The Balaban J connectivity index is 1.72. The third kappa shape index (κ3) is 4.27. The van der Waals surface area contributed by atoms with Crippen molar-refractivity contribution in [2.24, 2.45) is 5.92 Å². The zero-order chi connectivity index (χ0) is 19.8. The molecule has 144 valence electrons. The van der Waals surface area contributed by atoms with E-state index < -0.39 is 17.7 Å². The topological polar surface area (TPSA) is 62.3 Å². The van der Waals surface area contributed by atoms with Crippen LogP contribution in [0, 0.1) is 12.8 Å². The van der Waals surface area contributed by atoms with Crippen molar-refractivity contribution in [3.05, 3.63) is 35.5 Å². The number of amides is 2. The molecule has 2 heterocycles. The predicted molar refractivity (Wildman–Crippen MR) is 99.2 cm³/mol. The number of thiazole rings is 1. The Hall–Kier alpha value is -2.07. The van der Waals surface area contributed by atoms with E-state index in [4.69, 9.17) is 0 Å². The number of rotatable bonds is 4. The lowest BCUT2D eigenvalue weighted by Crippen LogP contribution is -2.28. The molecular formula is C17H16F3N3O2S2. The second kappa shape index (κ2) is 7.51. The molecule has 1 atom stereocenters. The smallest absolute Gasteiger partial charge is 0.312 e. The van der Waals surface area contributed by atoms with Gasteiger partial charge < -0.3 is 10.2 Å². The van der Waals surface area contributed by atoms with Crippen LogP contribution < -0.4 is 10.2 Å². The van der Waals surface area contributed by atoms with Gasteiger partial charge in [0, 0.05) is 18.7 Å². The van der Waals surface area contributed by atoms with Gasteiger partial charge in [0.25, 0.3) is 0 Å². The molecule has 1 unspecified atom stereocenters. The Bertz CT molecular complexity index is 883. The number of aryl methyl sites for hydroxylation is 1. The van der Waals surface area contributed by atoms with Gasteiger partial charge in [0.15, 0.2) is 5.13 Å². The SMILES string of the molecule is CSc1sc(NC(=O)C2CC(=O)N(c3cccc(C(F)(F)F)c3)C2)nc1C. The Kier molecular flexibility index (Phi) is 5.48. The Morgan fingerprint density at radius 1 is 1.41 bits per heavy atom. The maximum atomic E-state index is 12.9. The number of carbonyl (C=O) groups excluding carboxylic acids is 2. The van der Waals surface area contributed by atoms with Crippen molar-refractivity contribution in [2.75, 3.05) is 23.0 Å². The second-order valence-corrected chi connectivity index (χ2v) is 8.11. The lowest BCUT2D eigenvalue weighted by molar-refractivity contribution is -0.137. The third-order valence-electron chi connectivity index (χ3n) is 4.15. The lowest BCUT2D eigenvalue weighted by atomic mass is 10.1. The summed E-state index contributed by atoms with van der Waals surface area (Å²) in [4.78, 5) is 30.2. The summed E-state index contributed by atoms with van der Waals surface area (Å²) in [6.45, 7) is 1.87. The second-order valence-electron chi connectivity index (χ2n) is 6.04. The number of benzene rings is 1. The summed E-state index contributed by atoms with van der Waals surface area (Å²) in [5.74, 6) is -1.39. The molecule has 0 spiro atoms. The number of hydrogen-bond acceptors (Lipinski definition) is 5. The van der Waals surface area contributed by atoms with Gasteiger partial charge >= 0.3 is 6.18 Å². The summed E-state index contributed by atoms with van der Waals surface area (Å²) < 4.78 is 39.6. The van der Waals surface area contributed by atoms with Crippen LogP contribution in [0.5, 0.6) is 0 Å². The van der Waals surface area contributed by atoms with Crippen molar-refractivity contribution in [3.63, 3.8) is 0 Å². The molecule has 3 rings (SSSR count). The molecule has 0 radical (unpaired) electrons. The van der Waals surface area contributed by atoms with Gasteiger partial charge in [0.1, 0.15) is 0 Å². The Morgan fingerprint density at radius 3 is 2.78 bits per heavy atom. The molecule has 10 heteroatoms. The first kappa shape index (κ1) is 19.7. The molecule has 0 bridgehead atoms. The highest BCUT2D eigenvalue weighted by Gasteiger charge is 2.37. The van der Waals surface area contributed by atoms with Crippen molar-refractivity contribution < 1.29 is 22.8 Å². The van der Waals surface area contributed by atoms with Gasteiger partial charge in [-0.3, -0.25) is 9.59 Å². The van der Waals surface area contributed by atoms with Gasteiger partial charge in [-0.25, -0.2) is 4.98 Å². The van der Waals surface area contributed by atoms with Gasteiger partial charge in [-0.05, 0) is 31.4 Å². The largest absolute Gasteiger partial charge is 0.416 e. The molecule has 2 aromatic rings. The van der Waals surface area contributed by atoms with Gasteiger partial charge in [-0.1, -0.05) is 17.4 Å². The predicted octanol–water partition coefficient (Wildman–Crippen LogP) is 4.18. The van der Waals surface area contributed by atoms with Crippen molar-refractivity contribution >= 4 is 45.7 Å². The summed E-state index contributed by atoms with van der Waals surface area (Å²) in [6.07, 6.45) is -2.64. The first-order valence-corrected chi connectivity index (χ1v) is 10.0. The molecule has 1 aliphatic rings. The van der Waals surface area contributed by atoms with E-state index in [-0.39, 0.29) is 30.5 Å². The highest BCUT2D eigenvalue weighted by atomic mass is 32.2. The molecular weight excluding hydrogens is 399 g/mol. The van der Waals surface area contributed by atoms with Gasteiger partial charge in [-0.2, -0.15) is 13.2 Å². The zero-order valence-corrected chi connectivity index (χ0v) is 16.1. The lowest BCUT2D eigenvalue weighted by Gasteiger charge is -2.18. The van der Waals surface area contributed by atoms with Crippen LogP contribution in [0.3, 0.4) is 0 Å². The van der Waals surface area contributed by atoms with Crippen LogP contribution >= 0.6 is 23.1 Å². The molecule has 2 amide bonds. The van der Waals surface area contributed by atoms with Gasteiger partial charge in [0.05, 0.1) is 21.4 Å². The van der Waals surface area contributed by atoms with Crippen molar-refractivity contribution in [1.29, 1.82) is 0 Å². The normalized spacial score (nSPS) is 17.4. The fourth-order valence-corrected chi connectivity index (χ4v) is 4.43. The van der Waals surface area contributed by atoms with Gasteiger partial charge in [-0.15, -0.1) is 11.8 Å². The number of nitrogens with zero attached hydrogens (tertiary/aromatic N) is 2. The summed E-state index contributed by atoms with van der Waals surface area (Å²) in [5.41, 5.74) is 0.124. The minimum atomic E-state index is -4.49. The monoisotopic (exact) mass is 415 g/mol. The van der Waals surface area contributed by atoms with Crippen LogP contribution in [0.2, 0.25) is 0 Å². The number of hydrogen-bond donors (Lipinski definition) is 1. The number of aromatic nitrogens is 1. The summed E-state index contributed by atoms with van der Waals surface area (Å²) >= 11 is 2.87. The molecule has 5 nitrogen and oxygen atoms in total. The standard InChI is InChI=1S/C17H16F3N3O2S2/c1-9-15(26-2)27-16(21-9)22-14(25)10-6-13(24)23(8-10)12-5-3-4-11(7-12)17(18,19)20/h3-5,7,10H,6,8H2,1-2H3,(H,21,22,25). The summed E-state index contributed by atoms with van der Waals surface area (Å²) in [7, 11) is 0. The fraction of sp³-hybridized carbons (Fsp3) is 0.353. The van der Waals surface area contributed by atoms with E-state index in [0.29, 0.717) is 5.13 Å². The minimum absolute atomic E-state index is 0.0335. The number of thioether (sulfide) groups is 1. The summed E-state index contributed by atoms with van der Waals surface area (Å²) in [5, 5.41) is 3.15. The molecule has 1 N–H and O–H groups in total. The van der Waals surface area contributed by atoms with Crippen molar-refractivity contribution in [3.8, 4) is 0 Å². The van der Waals surface area contributed by atoms with Crippen LogP contribution in [0.25, 0.3) is 0 Å². The van der Waals surface area contributed by atoms with Gasteiger partial charge in [0.2, 0.25) is 11.8 Å². The maximum absolute atomic E-state index is 12.9. The highest BCUT2D eigenvalue weighted by molar-refractivity contribution is 8.00. The third-order valence-corrected chi connectivity index (χ3v) is 6.43. The zero-order valence-electron chi connectivity index (χ0n) is 14.5. The number of halogens is 3. The van der Waals surface area contributed by atoms with Crippen molar-refractivity contribution in [1.82, 2.24) is 4.98 Å². The molecule has 1 aromatic heterocycles. The van der Waals surface area contributed by atoms with Crippen LogP contribution in [0.15, 0.2) is 28.5 Å². The van der Waals surface area contributed by atoms with Crippen LogP contribution in [-0.2, 0) is 15.8 Å². The Morgan fingerprint density at radius 2 is 2.15 bits per heavy atom. The molecule has 0 aliphatic carbocycles. The maximum Gasteiger partial charge on any atom is 0.416 e. The molecule has 1 aliphatic heterocycles. The molecule has 0 saturated carbocycles. The first-order chi connectivity index (χ1) is 12.7. The molecule has 1 aromatic carbocycles. The highest BCUT2D eigenvalue weighted by Crippen LogP contribution is 2.34. The van der Waals surface area contributed by atoms with Crippen LogP contribution in [0.4, 0.5) is 24.0 Å². The minimum Gasteiger partial charge on any atom is -0.312 e. The van der Waals surface area contributed by atoms with E-state index in [2.05, 4.69) is 10.3 Å². The van der Waals surface area contributed by atoms with E-state index in [1.54, 1.807) is 0 Å². The Labute approximate surface area is 162 Å². The van der Waals surface area contributed by atoms with Crippen LogP contribution in [-0.4, -0.2) is 29.6 Å². The average Bonchev–Trinajstić information content (AvgIpc) is 3.16. The van der Waals surface area contributed by atoms with E-state index in [1.807, 2.05) is 13.2 Å². The summed E-state index contributed by atoms with van der Waals surface area (Å²) in [6, 6.07) is 4.55.